The maximum absolute atomic E-state index is 4.52. The number of hydrogen-bond acceptors (Lipinski definition) is 9. The van der Waals surface area contributed by atoms with Crippen molar-refractivity contribution in [2.24, 2.45) is 0 Å². The van der Waals surface area contributed by atoms with Gasteiger partial charge in [-0.1, -0.05) is 19.4 Å². The normalized spacial score (nSPS) is 15.8. The molecule has 0 atom stereocenters. The Labute approximate surface area is 153 Å². The van der Waals surface area contributed by atoms with Crippen molar-refractivity contribution in [1.82, 2.24) is 22.4 Å². The largest absolute Gasteiger partial charge is 0.302 e. The van der Waals surface area contributed by atoms with Gasteiger partial charge in [-0.25, -0.2) is 0 Å². The van der Waals surface area contributed by atoms with Gasteiger partial charge in [0.2, 0.25) is 0 Å². The van der Waals surface area contributed by atoms with Gasteiger partial charge in [-0.3, -0.25) is 0 Å². The number of rotatable bonds is 7. The lowest BCUT2D eigenvalue weighted by Gasteiger charge is -2.22. The standard InChI is InChI=1S/C14H19N5S4/c1-3-4-8-20-13-14(18-23-17-13)21-12-11(15-22-16-12)10-6-5-7-19(2)9-10/h6H,3-5,7-9H2,1-2H3. The highest BCUT2D eigenvalue weighted by atomic mass is 32.2. The van der Waals surface area contributed by atoms with E-state index < -0.39 is 0 Å². The predicted octanol–water partition coefficient (Wildman–Crippen LogP) is 4.15. The molecule has 5 nitrogen and oxygen atoms in total. The second-order valence-corrected chi connectivity index (χ2v) is 8.47. The summed E-state index contributed by atoms with van der Waals surface area (Å²) in [6.45, 7) is 4.25. The first-order chi connectivity index (χ1) is 11.3. The second kappa shape index (κ2) is 8.57. The molecule has 0 fully saturated rings. The van der Waals surface area contributed by atoms with Gasteiger partial charge < -0.3 is 4.90 Å². The lowest BCUT2D eigenvalue weighted by molar-refractivity contribution is 0.372. The monoisotopic (exact) mass is 385 g/mol. The summed E-state index contributed by atoms with van der Waals surface area (Å²) < 4.78 is 17.9. The number of nitrogens with zero attached hydrogens (tertiary/aromatic N) is 5. The summed E-state index contributed by atoms with van der Waals surface area (Å²) in [5.74, 6) is 1.09. The molecule has 3 rings (SSSR count). The zero-order valence-corrected chi connectivity index (χ0v) is 16.5. The van der Waals surface area contributed by atoms with E-state index >= 15 is 0 Å². The minimum Gasteiger partial charge on any atom is -0.302 e. The Kier molecular flexibility index (Phi) is 6.46. The molecule has 0 N–H and O–H groups in total. The maximum Gasteiger partial charge on any atom is 0.150 e. The SMILES string of the molecule is CCCCSc1nsnc1Sc1nsnc1C1=CCCN(C)C1. The molecule has 0 spiro atoms. The van der Waals surface area contributed by atoms with E-state index in [9.17, 15) is 0 Å². The molecular weight excluding hydrogens is 366 g/mol. The molecule has 124 valence electrons. The van der Waals surface area contributed by atoms with Crippen LogP contribution in [0.3, 0.4) is 0 Å². The Hall–Kier alpha value is -0.480. The lowest BCUT2D eigenvalue weighted by Crippen LogP contribution is -2.25. The van der Waals surface area contributed by atoms with E-state index in [0.717, 1.165) is 46.0 Å². The number of aromatic nitrogens is 4. The van der Waals surface area contributed by atoms with Crippen molar-refractivity contribution in [3.63, 3.8) is 0 Å². The molecule has 0 bridgehead atoms. The van der Waals surface area contributed by atoms with Crippen LogP contribution in [0.2, 0.25) is 0 Å². The molecule has 0 aliphatic carbocycles. The molecule has 1 aliphatic heterocycles. The Morgan fingerprint density at radius 2 is 1.91 bits per heavy atom. The summed E-state index contributed by atoms with van der Waals surface area (Å²) in [6, 6.07) is 0. The Morgan fingerprint density at radius 3 is 2.74 bits per heavy atom. The van der Waals surface area contributed by atoms with Gasteiger partial charge in [0.25, 0.3) is 0 Å². The van der Waals surface area contributed by atoms with Crippen molar-refractivity contribution < 1.29 is 0 Å². The third-order valence-electron chi connectivity index (χ3n) is 3.46. The molecule has 0 unspecified atom stereocenters. The first-order valence-electron chi connectivity index (χ1n) is 7.61. The summed E-state index contributed by atoms with van der Waals surface area (Å²) >= 11 is 5.95. The van der Waals surface area contributed by atoms with Gasteiger partial charge in [-0.05, 0) is 43.0 Å². The molecule has 1 aliphatic rings. The summed E-state index contributed by atoms with van der Waals surface area (Å²) in [4.78, 5) is 2.32. The average molecular weight is 386 g/mol. The molecule has 2 aromatic heterocycles. The highest BCUT2D eigenvalue weighted by Gasteiger charge is 2.20. The Bertz CT molecular complexity index is 666. The van der Waals surface area contributed by atoms with Gasteiger partial charge in [-0.15, -0.1) is 11.8 Å². The molecule has 23 heavy (non-hydrogen) atoms. The van der Waals surface area contributed by atoms with Gasteiger partial charge in [0.15, 0.2) is 5.03 Å². The third-order valence-corrected chi connectivity index (χ3v) is 7.00. The minimum absolute atomic E-state index is 0.937. The first kappa shape index (κ1) is 17.3. The highest BCUT2D eigenvalue weighted by Crippen LogP contribution is 2.37. The smallest absolute Gasteiger partial charge is 0.150 e. The van der Waals surface area contributed by atoms with E-state index in [1.54, 1.807) is 23.5 Å². The van der Waals surface area contributed by atoms with E-state index in [0.29, 0.717) is 0 Å². The van der Waals surface area contributed by atoms with Crippen LogP contribution in [-0.4, -0.2) is 48.3 Å². The van der Waals surface area contributed by atoms with Gasteiger partial charge in [0.05, 0.1) is 23.5 Å². The van der Waals surface area contributed by atoms with E-state index in [1.165, 1.54) is 41.9 Å². The van der Waals surface area contributed by atoms with Crippen LogP contribution in [0.15, 0.2) is 21.2 Å². The van der Waals surface area contributed by atoms with Crippen LogP contribution in [-0.2, 0) is 0 Å². The van der Waals surface area contributed by atoms with Crippen LogP contribution in [0.4, 0.5) is 0 Å². The van der Waals surface area contributed by atoms with E-state index in [1.807, 2.05) is 0 Å². The van der Waals surface area contributed by atoms with Crippen molar-refractivity contribution in [3.05, 3.63) is 11.8 Å². The van der Waals surface area contributed by atoms with Crippen molar-refractivity contribution in [2.45, 2.75) is 41.3 Å². The van der Waals surface area contributed by atoms with Crippen molar-refractivity contribution >= 4 is 52.6 Å². The van der Waals surface area contributed by atoms with E-state index in [-0.39, 0.29) is 0 Å². The minimum atomic E-state index is 0.937. The number of hydrogen-bond donors (Lipinski definition) is 0. The number of thioether (sulfide) groups is 1. The van der Waals surface area contributed by atoms with Gasteiger partial charge >= 0.3 is 0 Å². The van der Waals surface area contributed by atoms with E-state index in [4.69, 9.17) is 0 Å². The second-order valence-electron chi connectivity index (χ2n) is 5.35. The number of unbranched alkanes of at least 4 members (excludes halogenated alkanes) is 1. The molecule has 9 heteroatoms. The van der Waals surface area contributed by atoms with Crippen molar-refractivity contribution in [2.75, 3.05) is 25.9 Å². The molecule has 0 saturated heterocycles. The Balaban J connectivity index is 1.73. The zero-order chi connectivity index (χ0) is 16.1. The van der Waals surface area contributed by atoms with Crippen LogP contribution in [0.25, 0.3) is 5.57 Å². The molecule has 2 aromatic rings. The van der Waals surface area contributed by atoms with E-state index in [2.05, 4.69) is 42.4 Å². The molecule has 0 saturated carbocycles. The topological polar surface area (TPSA) is 54.8 Å². The predicted molar refractivity (Wildman–Crippen MR) is 99.7 cm³/mol. The summed E-state index contributed by atoms with van der Waals surface area (Å²) in [7, 11) is 2.15. The Morgan fingerprint density at radius 1 is 1.13 bits per heavy atom. The van der Waals surface area contributed by atoms with Crippen LogP contribution in [0, 0.1) is 0 Å². The maximum atomic E-state index is 4.52. The molecular formula is C14H19N5S4. The number of likely N-dealkylation sites (N-methyl/N-ethyl adjacent to an activating group) is 1. The third kappa shape index (κ3) is 4.54. The fraction of sp³-hybridized carbons (Fsp3) is 0.571. The van der Waals surface area contributed by atoms with Gasteiger partial charge in [0.1, 0.15) is 15.7 Å². The summed E-state index contributed by atoms with van der Waals surface area (Å²) in [6.07, 6.45) is 5.77. The first-order valence-corrected chi connectivity index (χ1v) is 10.9. The van der Waals surface area contributed by atoms with Gasteiger partial charge in [0, 0.05) is 13.1 Å². The van der Waals surface area contributed by atoms with Crippen LogP contribution in [0.1, 0.15) is 31.9 Å². The van der Waals surface area contributed by atoms with Crippen LogP contribution in [0.5, 0.6) is 0 Å². The summed E-state index contributed by atoms with van der Waals surface area (Å²) in [5, 5.41) is 2.96. The molecule has 0 aromatic carbocycles. The average Bonchev–Trinajstić information content (AvgIpc) is 3.18. The fourth-order valence-corrected chi connectivity index (χ4v) is 5.75. The van der Waals surface area contributed by atoms with Crippen molar-refractivity contribution in [1.29, 1.82) is 0 Å². The molecule has 0 amide bonds. The molecule has 0 radical (unpaired) electrons. The lowest BCUT2D eigenvalue weighted by atomic mass is 10.1. The molecule has 3 heterocycles. The van der Waals surface area contributed by atoms with Gasteiger partial charge in [-0.2, -0.15) is 17.5 Å². The summed E-state index contributed by atoms with van der Waals surface area (Å²) in [5.41, 5.74) is 2.29. The van der Waals surface area contributed by atoms with Crippen molar-refractivity contribution in [3.8, 4) is 0 Å². The van der Waals surface area contributed by atoms with Crippen LogP contribution >= 0.6 is 47.0 Å². The highest BCUT2D eigenvalue weighted by molar-refractivity contribution is 8.02. The van der Waals surface area contributed by atoms with Crippen LogP contribution < -0.4 is 0 Å². The zero-order valence-electron chi connectivity index (χ0n) is 13.2. The quantitative estimate of drug-likeness (QED) is 0.524. The fourth-order valence-electron chi connectivity index (χ4n) is 2.24.